The molecular weight excluding hydrogens is 326 g/mol. The summed E-state index contributed by atoms with van der Waals surface area (Å²) in [7, 11) is 0. The Bertz CT molecular complexity index is 717. The van der Waals surface area contributed by atoms with E-state index in [2.05, 4.69) is 5.32 Å². The molecule has 0 bridgehead atoms. The molecule has 6 heteroatoms. The van der Waals surface area contributed by atoms with Crippen molar-refractivity contribution in [3.63, 3.8) is 0 Å². The minimum absolute atomic E-state index is 0.282. The lowest BCUT2D eigenvalue weighted by atomic mass is 10.1. The van der Waals surface area contributed by atoms with E-state index in [4.69, 9.17) is 4.74 Å². The third kappa shape index (κ3) is 4.76. The fourth-order valence-electron chi connectivity index (χ4n) is 1.96. The number of ether oxygens (including phenoxy) is 1. The van der Waals surface area contributed by atoms with Crippen molar-refractivity contribution in [2.24, 2.45) is 0 Å². The number of amides is 1. The van der Waals surface area contributed by atoms with Gasteiger partial charge in [0.25, 0.3) is 5.91 Å². The van der Waals surface area contributed by atoms with Gasteiger partial charge in [-0.2, -0.15) is 0 Å². The average Bonchev–Trinajstić information content (AvgIpc) is 3.05. The molecule has 24 heavy (non-hydrogen) atoms. The first kappa shape index (κ1) is 17.9. The van der Waals surface area contributed by atoms with Crippen LogP contribution in [0.3, 0.4) is 0 Å². The van der Waals surface area contributed by atoms with Crippen molar-refractivity contribution in [1.29, 1.82) is 0 Å². The molecular formula is C18H19NO4S. The fraction of sp³-hybridized carbons (Fsp3) is 0.278. The van der Waals surface area contributed by atoms with E-state index in [0.29, 0.717) is 4.88 Å². The lowest BCUT2D eigenvalue weighted by molar-refractivity contribution is -0.129. The van der Waals surface area contributed by atoms with Crippen molar-refractivity contribution in [2.45, 2.75) is 32.4 Å². The molecule has 0 aliphatic rings. The predicted molar refractivity (Wildman–Crippen MR) is 92.2 cm³/mol. The van der Waals surface area contributed by atoms with Crippen LogP contribution in [0.4, 0.5) is 0 Å². The molecule has 1 amide bonds. The maximum Gasteiger partial charge on any atom is 0.339 e. The Labute approximate surface area is 144 Å². The number of carbonyl (C=O) groups is 3. The minimum Gasteiger partial charge on any atom is -0.440 e. The molecule has 5 nitrogen and oxygen atoms in total. The summed E-state index contributed by atoms with van der Waals surface area (Å²) in [6, 6.07) is 11.6. The summed E-state index contributed by atoms with van der Waals surface area (Å²) in [5.41, 5.74) is -0.269. The Morgan fingerprint density at radius 1 is 1.04 bits per heavy atom. The topological polar surface area (TPSA) is 72.5 Å². The van der Waals surface area contributed by atoms with E-state index in [0.717, 1.165) is 0 Å². The van der Waals surface area contributed by atoms with Crippen molar-refractivity contribution < 1.29 is 19.1 Å². The first-order valence-corrected chi connectivity index (χ1v) is 8.32. The second-order valence-corrected chi connectivity index (χ2v) is 7.18. The number of hydrogen-bond acceptors (Lipinski definition) is 5. The van der Waals surface area contributed by atoms with Crippen LogP contribution < -0.4 is 5.32 Å². The van der Waals surface area contributed by atoms with Gasteiger partial charge in [-0.25, -0.2) is 4.79 Å². The molecule has 0 aliphatic carbocycles. The van der Waals surface area contributed by atoms with Crippen LogP contribution >= 0.6 is 11.3 Å². The summed E-state index contributed by atoms with van der Waals surface area (Å²) in [5, 5.41) is 4.41. The van der Waals surface area contributed by atoms with E-state index >= 15 is 0 Å². The highest BCUT2D eigenvalue weighted by Crippen LogP contribution is 2.16. The molecule has 0 fully saturated rings. The molecule has 1 unspecified atom stereocenters. The van der Waals surface area contributed by atoms with Crippen molar-refractivity contribution in [3.8, 4) is 0 Å². The standard InChI is InChI=1S/C18H19NO4S/c1-18(2,3)19-16(21)15(14(20)13-10-7-11-24-13)23-17(22)12-8-5-4-6-9-12/h4-11,15H,1-3H3,(H,19,21). The monoisotopic (exact) mass is 345 g/mol. The third-order valence-electron chi connectivity index (χ3n) is 2.97. The molecule has 0 aliphatic heterocycles. The van der Waals surface area contributed by atoms with Gasteiger partial charge in [-0.1, -0.05) is 24.3 Å². The smallest absolute Gasteiger partial charge is 0.339 e. The molecule has 0 saturated heterocycles. The number of benzene rings is 1. The summed E-state index contributed by atoms with van der Waals surface area (Å²) < 4.78 is 5.24. The lowest BCUT2D eigenvalue weighted by Gasteiger charge is -2.24. The van der Waals surface area contributed by atoms with Crippen LogP contribution in [-0.2, 0) is 9.53 Å². The zero-order valence-electron chi connectivity index (χ0n) is 13.7. The fourth-order valence-corrected chi connectivity index (χ4v) is 2.64. The van der Waals surface area contributed by atoms with Gasteiger partial charge in [-0.15, -0.1) is 11.3 Å². The zero-order chi connectivity index (χ0) is 17.7. The molecule has 1 heterocycles. The molecule has 2 rings (SSSR count). The minimum atomic E-state index is -1.52. The van der Waals surface area contributed by atoms with E-state index in [-0.39, 0.29) is 5.56 Å². The van der Waals surface area contributed by atoms with Gasteiger partial charge >= 0.3 is 5.97 Å². The van der Waals surface area contributed by atoms with E-state index < -0.39 is 29.3 Å². The number of nitrogens with one attached hydrogen (secondary N) is 1. The maximum atomic E-state index is 12.6. The second-order valence-electron chi connectivity index (χ2n) is 6.23. The predicted octanol–water partition coefficient (Wildman–Crippen LogP) is 3.07. The van der Waals surface area contributed by atoms with Crippen molar-refractivity contribution in [2.75, 3.05) is 0 Å². The molecule has 0 radical (unpaired) electrons. The van der Waals surface area contributed by atoms with Crippen LogP contribution in [0.5, 0.6) is 0 Å². The highest BCUT2D eigenvalue weighted by Gasteiger charge is 2.34. The number of ketones is 1. The Morgan fingerprint density at radius 3 is 2.25 bits per heavy atom. The van der Waals surface area contributed by atoms with Gasteiger partial charge in [0, 0.05) is 5.54 Å². The maximum absolute atomic E-state index is 12.6. The molecule has 2 aromatic rings. The van der Waals surface area contributed by atoms with Gasteiger partial charge in [-0.05, 0) is 44.4 Å². The van der Waals surface area contributed by atoms with Gasteiger partial charge in [0.15, 0.2) is 0 Å². The molecule has 1 aromatic heterocycles. The van der Waals surface area contributed by atoms with Crippen molar-refractivity contribution >= 4 is 29.0 Å². The highest BCUT2D eigenvalue weighted by atomic mass is 32.1. The van der Waals surface area contributed by atoms with E-state index in [1.807, 2.05) is 0 Å². The number of hydrogen-bond donors (Lipinski definition) is 1. The molecule has 0 spiro atoms. The van der Waals surface area contributed by atoms with Crippen LogP contribution in [0, 0.1) is 0 Å². The van der Waals surface area contributed by atoms with Gasteiger partial charge in [0.2, 0.25) is 11.9 Å². The second kappa shape index (κ2) is 7.40. The SMILES string of the molecule is CC(C)(C)NC(=O)C(OC(=O)c1ccccc1)C(=O)c1cccs1. The number of thiophene rings is 1. The lowest BCUT2D eigenvalue weighted by Crippen LogP contribution is -2.50. The van der Waals surface area contributed by atoms with Gasteiger partial charge < -0.3 is 10.1 Å². The number of esters is 1. The molecule has 0 saturated carbocycles. The number of Topliss-reactive ketones (excluding diaryl/α,β-unsaturated/α-hetero) is 1. The first-order chi connectivity index (χ1) is 11.3. The van der Waals surface area contributed by atoms with Gasteiger partial charge in [-0.3, -0.25) is 9.59 Å². The Balaban J connectivity index is 2.24. The van der Waals surface area contributed by atoms with E-state index in [1.165, 1.54) is 11.3 Å². The van der Waals surface area contributed by atoms with Crippen molar-refractivity contribution in [1.82, 2.24) is 5.32 Å². The van der Waals surface area contributed by atoms with Gasteiger partial charge in [0.05, 0.1) is 10.4 Å². The quantitative estimate of drug-likeness (QED) is 0.513. The average molecular weight is 345 g/mol. The molecule has 1 aromatic carbocycles. The summed E-state index contributed by atoms with van der Waals surface area (Å²) >= 11 is 1.20. The van der Waals surface area contributed by atoms with Crippen LogP contribution in [0.25, 0.3) is 0 Å². The summed E-state index contributed by atoms with van der Waals surface area (Å²) in [6.45, 7) is 5.36. The third-order valence-corrected chi connectivity index (χ3v) is 3.86. The molecule has 1 N–H and O–H groups in total. The first-order valence-electron chi connectivity index (χ1n) is 7.44. The Kier molecular flexibility index (Phi) is 5.51. The van der Waals surface area contributed by atoms with Crippen molar-refractivity contribution in [3.05, 3.63) is 58.3 Å². The van der Waals surface area contributed by atoms with Gasteiger partial charge in [0.1, 0.15) is 0 Å². The van der Waals surface area contributed by atoms with Crippen LogP contribution in [0.15, 0.2) is 47.8 Å². The highest BCUT2D eigenvalue weighted by molar-refractivity contribution is 7.12. The van der Waals surface area contributed by atoms with E-state index in [9.17, 15) is 14.4 Å². The van der Waals surface area contributed by atoms with Crippen LogP contribution in [-0.4, -0.2) is 29.3 Å². The zero-order valence-corrected chi connectivity index (χ0v) is 14.6. The van der Waals surface area contributed by atoms with Crippen LogP contribution in [0.1, 0.15) is 40.8 Å². The number of rotatable bonds is 5. The number of carbonyl (C=O) groups excluding carboxylic acids is 3. The summed E-state index contributed by atoms with van der Waals surface area (Å²) in [6.07, 6.45) is -1.52. The molecule has 1 atom stereocenters. The summed E-state index contributed by atoms with van der Waals surface area (Å²) in [4.78, 5) is 37.6. The largest absolute Gasteiger partial charge is 0.440 e. The van der Waals surface area contributed by atoms with E-state index in [1.54, 1.807) is 68.6 Å². The summed E-state index contributed by atoms with van der Waals surface area (Å²) in [5.74, 6) is -1.88. The Morgan fingerprint density at radius 2 is 1.71 bits per heavy atom. The normalized spacial score (nSPS) is 12.3. The Hall–Kier alpha value is -2.47. The van der Waals surface area contributed by atoms with Crippen LogP contribution in [0.2, 0.25) is 0 Å². The molecule has 126 valence electrons.